The number of ether oxygens (including phenoxy) is 2. The molecule has 1 N–H and O–H groups in total. The minimum atomic E-state index is -0.199. The number of hydrogen-bond donors (Lipinski definition) is 1. The van der Waals surface area contributed by atoms with Crippen molar-refractivity contribution < 1.29 is 9.47 Å². The molecular weight excluding hydrogens is 260 g/mol. The first-order chi connectivity index (χ1) is 9.19. The molecule has 108 valence electrons. The second-order valence-electron chi connectivity index (χ2n) is 5.14. The molecule has 4 nitrogen and oxygen atoms in total. The van der Waals surface area contributed by atoms with Gasteiger partial charge in [0.25, 0.3) is 0 Å². The van der Waals surface area contributed by atoms with Crippen LogP contribution < -0.4 is 5.32 Å². The number of thiazole rings is 1. The standard InChI is InChI=1S/C14H24N2O2S/c1-4-15-9-12-11(10-17-3)16-13(19-12)14(2)7-5-6-8-18-14/h15H,4-10H2,1-3H3. The van der Waals surface area contributed by atoms with Crippen LogP contribution in [-0.2, 0) is 28.2 Å². The summed E-state index contributed by atoms with van der Waals surface area (Å²) in [5, 5.41) is 4.47. The highest BCUT2D eigenvalue weighted by atomic mass is 32.1. The number of methoxy groups -OCH3 is 1. The van der Waals surface area contributed by atoms with Gasteiger partial charge in [-0.05, 0) is 32.7 Å². The molecule has 0 spiro atoms. The van der Waals surface area contributed by atoms with Crippen molar-refractivity contribution in [2.45, 2.75) is 51.9 Å². The van der Waals surface area contributed by atoms with E-state index in [9.17, 15) is 0 Å². The Balaban J connectivity index is 2.20. The van der Waals surface area contributed by atoms with Crippen LogP contribution in [0.25, 0.3) is 0 Å². The van der Waals surface area contributed by atoms with E-state index >= 15 is 0 Å². The van der Waals surface area contributed by atoms with E-state index in [1.54, 1.807) is 18.4 Å². The van der Waals surface area contributed by atoms with Crippen LogP contribution in [0.5, 0.6) is 0 Å². The molecule has 1 aliphatic heterocycles. The van der Waals surface area contributed by atoms with E-state index in [2.05, 4.69) is 19.2 Å². The lowest BCUT2D eigenvalue weighted by Gasteiger charge is -2.31. The van der Waals surface area contributed by atoms with E-state index in [-0.39, 0.29) is 5.60 Å². The van der Waals surface area contributed by atoms with Crippen LogP contribution in [0.1, 0.15) is 48.7 Å². The van der Waals surface area contributed by atoms with Crippen molar-refractivity contribution in [2.75, 3.05) is 20.3 Å². The second-order valence-corrected chi connectivity index (χ2v) is 6.22. The quantitative estimate of drug-likeness (QED) is 0.872. The Morgan fingerprint density at radius 1 is 1.47 bits per heavy atom. The third-order valence-electron chi connectivity index (χ3n) is 3.52. The Morgan fingerprint density at radius 3 is 2.95 bits per heavy atom. The van der Waals surface area contributed by atoms with E-state index in [4.69, 9.17) is 14.5 Å². The maximum atomic E-state index is 5.99. The van der Waals surface area contributed by atoms with E-state index in [0.717, 1.165) is 43.2 Å². The van der Waals surface area contributed by atoms with Gasteiger partial charge in [0.05, 0.1) is 12.3 Å². The largest absolute Gasteiger partial charge is 0.378 e. The van der Waals surface area contributed by atoms with Crippen molar-refractivity contribution >= 4 is 11.3 Å². The summed E-state index contributed by atoms with van der Waals surface area (Å²) < 4.78 is 11.2. The van der Waals surface area contributed by atoms with E-state index in [1.807, 2.05) is 0 Å². The summed E-state index contributed by atoms with van der Waals surface area (Å²) in [4.78, 5) is 6.05. The minimum Gasteiger partial charge on any atom is -0.378 e. The zero-order valence-corrected chi connectivity index (χ0v) is 12.9. The molecule has 5 heteroatoms. The molecule has 1 aliphatic rings. The molecule has 0 aliphatic carbocycles. The molecule has 2 heterocycles. The number of nitrogens with one attached hydrogen (secondary N) is 1. The molecule has 0 bridgehead atoms. The fraction of sp³-hybridized carbons (Fsp3) is 0.786. The molecule has 2 rings (SSSR count). The fourth-order valence-corrected chi connectivity index (χ4v) is 3.50. The summed E-state index contributed by atoms with van der Waals surface area (Å²) in [7, 11) is 1.72. The van der Waals surface area contributed by atoms with Gasteiger partial charge >= 0.3 is 0 Å². The Morgan fingerprint density at radius 2 is 2.32 bits per heavy atom. The highest BCUT2D eigenvalue weighted by Crippen LogP contribution is 2.38. The summed E-state index contributed by atoms with van der Waals surface area (Å²) in [5.41, 5.74) is 0.856. The second kappa shape index (κ2) is 6.79. The first kappa shape index (κ1) is 14.9. The molecule has 0 saturated carbocycles. The predicted octanol–water partition coefficient (Wildman–Crippen LogP) is 2.81. The molecule has 1 saturated heterocycles. The van der Waals surface area contributed by atoms with Crippen molar-refractivity contribution in [3.05, 3.63) is 15.6 Å². The summed E-state index contributed by atoms with van der Waals surface area (Å²) in [5.74, 6) is 0. The van der Waals surface area contributed by atoms with Gasteiger partial charge in [0.1, 0.15) is 10.6 Å². The van der Waals surface area contributed by atoms with Crippen LogP contribution in [0.4, 0.5) is 0 Å². The molecule has 1 fully saturated rings. The molecule has 1 atom stereocenters. The van der Waals surface area contributed by atoms with Gasteiger partial charge in [-0.25, -0.2) is 4.98 Å². The van der Waals surface area contributed by atoms with Gasteiger partial charge in [0.15, 0.2) is 0 Å². The molecule has 1 aromatic heterocycles. The van der Waals surface area contributed by atoms with Crippen LogP contribution in [0.3, 0.4) is 0 Å². The summed E-state index contributed by atoms with van der Waals surface area (Å²) in [6, 6.07) is 0. The number of aromatic nitrogens is 1. The first-order valence-electron chi connectivity index (χ1n) is 7.02. The van der Waals surface area contributed by atoms with Gasteiger partial charge in [0, 0.05) is 25.1 Å². The smallest absolute Gasteiger partial charge is 0.125 e. The van der Waals surface area contributed by atoms with Crippen LogP contribution in [0, 0.1) is 0 Å². The lowest BCUT2D eigenvalue weighted by molar-refractivity contribution is -0.0703. The molecule has 19 heavy (non-hydrogen) atoms. The van der Waals surface area contributed by atoms with Crippen molar-refractivity contribution in [3.63, 3.8) is 0 Å². The zero-order chi connectivity index (χ0) is 13.7. The Labute approximate surface area is 119 Å². The predicted molar refractivity (Wildman–Crippen MR) is 77.4 cm³/mol. The van der Waals surface area contributed by atoms with E-state index in [1.165, 1.54) is 11.3 Å². The Kier molecular flexibility index (Phi) is 5.33. The van der Waals surface area contributed by atoms with Crippen molar-refractivity contribution in [1.82, 2.24) is 10.3 Å². The van der Waals surface area contributed by atoms with Gasteiger partial charge < -0.3 is 14.8 Å². The Bertz CT molecular complexity index is 400. The van der Waals surface area contributed by atoms with Crippen LogP contribution in [0.15, 0.2) is 0 Å². The monoisotopic (exact) mass is 284 g/mol. The van der Waals surface area contributed by atoms with E-state index in [0.29, 0.717) is 6.61 Å². The Hall–Kier alpha value is -0.490. The summed E-state index contributed by atoms with van der Waals surface area (Å²) >= 11 is 1.77. The van der Waals surface area contributed by atoms with Crippen LogP contribution in [0.2, 0.25) is 0 Å². The molecule has 0 radical (unpaired) electrons. The van der Waals surface area contributed by atoms with Crippen LogP contribution >= 0.6 is 11.3 Å². The van der Waals surface area contributed by atoms with Crippen LogP contribution in [-0.4, -0.2) is 25.2 Å². The third kappa shape index (κ3) is 3.54. The maximum absolute atomic E-state index is 5.99. The average molecular weight is 284 g/mol. The van der Waals surface area contributed by atoms with Crippen molar-refractivity contribution in [2.24, 2.45) is 0 Å². The summed E-state index contributed by atoms with van der Waals surface area (Å²) in [6.45, 7) is 7.53. The average Bonchev–Trinajstić information content (AvgIpc) is 2.82. The van der Waals surface area contributed by atoms with Gasteiger partial charge in [0.2, 0.25) is 0 Å². The van der Waals surface area contributed by atoms with Gasteiger partial charge in [-0.1, -0.05) is 6.92 Å². The normalized spacial score (nSPS) is 23.7. The molecule has 0 aromatic carbocycles. The third-order valence-corrected chi connectivity index (χ3v) is 4.86. The van der Waals surface area contributed by atoms with Gasteiger partial charge in [-0.15, -0.1) is 11.3 Å². The summed E-state index contributed by atoms with van der Waals surface area (Å²) in [6.07, 6.45) is 3.45. The minimum absolute atomic E-state index is 0.199. The maximum Gasteiger partial charge on any atom is 0.125 e. The first-order valence-corrected chi connectivity index (χ1v) is 7.84. The van der Waals surface area contributed by atoms with Gasteiger partial charge in [-0.3, -0.25) is 0 Å². The topological polar surface area (TPSA) is 43.4 Å². The number of nitrogens with zero attached hydrogens (tertiary/aromatic N) is 1. The fourth-order valence-electron chi connectivity index (χ4n) is 2.34. The molecule has 0 amide bonds. The number of rotatable bonds is 6. The highest BCUT2D eigenvalue weighted by Gasteiger charge is 2.34. The highest BCUT2D eigenvalue weighted by molar-refractivity contribution is 7.11. The van der Waals surface area contributed by atoms with Crippen molar-refractivity contribution in [1.29, 1.82) is 0 Å². The van der Waals surface area contributed by atoms with E-state index < -0.39 is 0 Å². The lowest BCUT2D eigenvalue weighted by Crippen LogP contribution is -2.30. The zero-order valence-electron chi connectivity index (χ0n) is 12.1. The molecule has 1 aromatic rings. The molecular formula is C14H24N2O2S. The molecule has 1 unspecified atom stereocenters. The van der Waals surface area contributed by atoms with Gasteiger partial charge in [-0.2, -0.15) is 0 Å². The van der Waals surface area contributed by atoms with Crippen molar-refractivity contribution in [3.8, 4) is 0 Å². The lowest BCUT2D eigenvalue weighted by atomic mass is 9.97. The number of hydrogen-bond acceptors (Lipinski definition) is 5. The SMILES string of the molecule is CCNCc1sc(C2(C)CCCCO2)nc1COC.